The maximum atomic E-state index is 10.2. The highest BCUT2D eigenvalue weighted by atomic mass is 16.3. The Morgan fingerprint density at radius 3 is 2.70 bits per heavy atom. The molecule has 0 heterocycles. The highest BCUT2D eigenvalue weighted by Crippen LogP contribution is 2.26. The van der Waals surface area contributed by atoms with Gasteiger partial charge >= 0.3 is 0 Å². The smallest absolute Gasteiger partial charge is 0.140 e. The molecule has 0 aliphatic carbocycles. The molecule has 0 bridgehead atoms. The van der Waals surface area contributed by atoms with Gasteiger partial charge in [-0.15, -0.1) is 12.5 Å². The van der Waals surface area contributed by atoms with E-state index < -0.39 is 6.10 Å². The zero-order valence-electron chi connectivity index (χ0n) is 14.0. The maximum Gasteiger partial charge on any atom is 0.140 e. The van der Waals surface area contributed by atoms with Crippen LogP contribution in [0, 0.1) is 11.8 Å². The van der Waals surface area contributed by atoms with E-state index in [1.54, 1.807) is 24.3 Å². The number of hydrogen-bond acceptors (Lipinski definition) is 3. The second kappa shape index (κ2) is 10.9. The van der Waals surface area contributed by atoms with E-state index in [-0.39, 0.29) is 11.9 Å². The van der Waals surface area contributed by atoms with E-state index >= 15 is 0 Å². The molecule has 0 fully saturated rings. The molecular formula is C20H28O3. The lowest BCUT2D eigenvalue weighted by molar-refractivity contribution is 0.152. The minimum Gasteiger partial charge on any atom is -0.508 e. The summed E-state index contributed by atoms with van der Waals surface area (Å²) in [6, 6.07) is 5.05. The molecule has 0 unspecified atom stereocenters. The molecule has 1 aromatic carbocycles. The lowest BCUT2D eigenvalue weighted by atomic mass is 9.98. The average Bonchev–Trinajstić information content (AvgIpc) is 2.53. The van der Waals surface area contributed by atoms with E-state index in [1.807, 2.05) is 0 Å². The first-order valence-electron chi connectivity index (χ1n) is 8.36. The third-order valence-corrected chi connectivity index (χ3v) is 3.81. The molecule has 0 saturated heterocycles. The van der Waals surface area contributed by atoms with E-state index in [9.17, 15) is 15.3 Å². The highest BCUT2D eigenvalue weighted by molar-refractivity contribution is 5.43. The molecule has 0 aliphatic rings. The van der Waals surface area contributed by atoms with Crippen molar-refractivity contribution in [1.82, 2.24) is 0 Å². The third kappa shape index (κ3) is 6.90. The Labute approximate surface area is 139 Å². The summed E-state index contributed by atoms with van der Waals surface area (Å²) in [4.78, 5) is 0. The molecule has 0 aromatic heterocycles. The van der Waals surface area contributed by atoms with Crippen LogP contribution in [0.4, 0.5) is 0 Å². The average molecular weight is 316 g/mol. The molecule has 0 aliphatic heterocycles. The monoisotopic (exact) mass is 316 g/mol. The number of benzene rings is 1. The van der Waals surface area contributed by atoms with Crippen molar-refractivity contribution in [1.29, 1.82) is 0 Å². The predicted octanol–water partition coefficient (Wildman–Crippen LogP) is 3.88. The van der Waals surface area contributed by atoms with Crippen LogP contribution in [-0.4, -0.2) is 21.4 Å². The number of aliphatic hydroxyl groups excluding tert-OH is 2. The van der Waals surface area contributed by atoms with Gasteiger partial charge in [-0.05, 0) is 30.9 Å². The first-order chi connectivity index (χ1) is 11.1. The van der Waals surface area contributed by atoms with Gasteiger partial charge in [-0.25, -0.2) is 0 Å². The Morgan fingerprint density at radius 2 is 2.00 bits per heavy atom. The number of rotatable bonds is 9. The fourth-order valence-corrected chi connectivity index (χ4v) is 2.47. The number of aliphatic hydroxyl groups is 2. The number of hydrogen-bond donors (Lipinski definition) is 3. The number of unbranched alkanes of at least 4 members (excludes halogenated alkanes) is 2. The van der Waals surface area contributed by atoms with Gasteiger partial charge in [0.1, 0.15) is 11.9 Å². The van der Waals surface area contributed by atoms with Crippen molar-refractivity contribution in [3.63, 3.8) is 0 Å². The van der Waals surface area contributed by atoms with Gasteiger partial charge in [0.2, 0.25) is 0 Å². The molecule has 0 radical (unpaired) electrons. The van der Waals surface area contributed by atoms with Gasteiger partial charge in [-0.2, -0.15) is 0 Å². The lowest BCUT2D eigenvalue weighted by Gasteiger charge is -2.11. The number of aromatic hydroxyl groups is 1. The second-order valence-corrected chi connectivity index (χ2v) is 5.75. The van der Waals surface area contributed by atoms with Crippen molar-refractivity contribution in [3.05, 3.63) is 42.0 Å². The Kier molecular flexibility index (Phi) is 9.12. The first-order valence-corrected chi connectivity index (χ1v) is 8.36. The molecule has 126 valence electrons. The fraction of sp³-hybridized carbons (Fsp3) is 0.500. The molecule has 3 heteroatoms. The summed E-state index contributed by atoms with van der Waals surface area (Å²) in [5, 5.41) is 29.9. The van der Waals surface area contributed by atoms with E-state index in [4.69, 9.17) is 0 Å². The molecule has 1 aromatic rings. The molecule has 23 heavy (non-hydrogen) atoms. The molecule has 0 amide bonds. The van der Waals surface area contributed by atoms with Crippen LogP contribution >= 0.6 is 0 Å². The van der Waals surface area contributed by atoms with Gasteiger partial charge in [-0.3, -0.25) is 0 Å². The predicted molar refractivity (Wildman–Crippen MR) is 94.1 cm³/mol. The largest absolute Gasteiger partial charge is 0.508 e. The summed E-state index contributed by atoms with van der Waals surface area (Å²) in [7, 11) is 0. The van der Waals surface area contributed by atoms with Crippen molar-refractivity contribution in [3.8, 4) is 17.6 Å². The van der Waals surface area contributed by atoms with Gasteiger partial charge in [0.25, 0.3) is 0 Å². The molecule has 2 atom stereocenters. The van der Waals surface area contributed by atoms with E-state index in [0.29, 0.717) is 30.4 Å². The first kappa shape index (κ1) is 19.3. The number of phenols is 1. The van der Waals surface area contributed by atoms with Gasteiger partial charge in [0.05, 0.1) is 6.10 Å². The minimum absolute atomic E-state index is 0.148. The Bertz CT molecular complexity index is 540. The van der Waals surface area contributed by atoms with Crippen LogP contribution in [0.5, 0.6) is 5.75 Å². The third-order valence-electron chi connectivity index (χ3n) is 3.81. The molecule has 3 N–H and O–H groups in total. The Balaban J connectivity index is 2.56. The van der Waals surface area contributed by atoms with Gasteiger partial charge < -0.3 is 15.3 Å². The lowest BCUT2D eigenvalue weighted by Crippen LogP contribution is -2.05. The Morgan fingerprint density at radius 1 is 1.22 bits per heavy atom. The van der Waals surface area contributed by atoms with Gasteiger partial charge in [0.15, 0.2) is 0 Å². The molecular weight excluding hydrogens is 288 g/mol. The van der Waals surface area contributed by atoms with Gasteiger partial charge in [0, 0.05) is 12.0 Å². The highest BCUT2D eigenvalue weighted by Gasteiger charge is 2.12. The summed E-state index contributed by atoms with van der Waals surface area (Å²) < 4.78 is 0. The van der Waals surface area contributed by atoms with Crippen LogP contribution in [0.25, 0.3) is 0 Å². The van der Waals surface area contributed by atoms with Crippen LogP contribution in [0.2, 0.25) is 0 Å². The summed E-state index contributed by atoms with van der Waals surface area (Å²) in [5.74, 6) is 5.87. The summed E-state index contributed by atoms with van der Waals surface area (Å²) in [5.41, 5.74) is 1.27. The summed E-state index contributed by atoms with van der Waals surface area (Å²) >= 11 is 0. The van der Waals surface area contributed by atoms with Gasteiger partial charge in [-0.1, -0.05) is 50.3 Å². The van der Waals surface area contributed by atoms with Crippen LogP contribution in [-0.2, 0) is 6.42 Å². The fourth-order valence-electron chi connectivity index (χ4n) is 2.47. The number of phenolic OH excluding ortho intramolecular Hbond substituents is 1. The number of allylic oxidation sites excluding steroid dienone is 1. The quantitative estimate of drug-likeness (QED) is 0.368. The normalized spacial score (nSPS) is 13.0. The zero-order valence-corrected chi connectivity index (χ0v) is 14.0. The van der Waals surface area contributed by atoms with Crippen molar-refractivity contribution >= 4 is 0 Å². The SMILES string of the molecule is C=CCc1c(O)cccc1[C@@H](O)C#CCC[C@@H](O)CCCCC. The van der Waals surface area contributed by atoms with E-state index in [2.05, 4.69) is 25.3 Å². The molecule has 0 saturated carbocycles. The maximum absolute atomic E-state index is 10.2. The van der Waals surface area contributed by atoms with Crippen molar-refractivity contribution in [2.45, 2.75) is 64.1 Å². The van der Waals surface area contributed by atoms with Crippen LogP contribution in [0.3, 0.4) is 0 Å². The summed E-state index contributed by atoms with van der Waals surface area (Å²) in [6.45, 7) is 5.81. The van der Waals surface area contributed by atoms with Crippen molar-refractivity contribution < 1.29 is 15.3 Å². The molecule has 3 nitrogen and oxygen atoms in total. The standard InChI is InChI=1S/C20H28O3/c1-3-5-6-11-16(21)12-7-8-14-19(22)18-13-9-15-20(23)17(18)10-4-2/h4,9,13,15-16,19,21-23H,2-3,5-7,10-12H2,1H3/t16-,19-/m0/s1. The second-order valence-electron chi connectivity index (χ2n) is 5.75. The van der Waals surface area contributed by atoms with E-state index in [1.165, 1.54) is 0 Å². The van der Waals surface area contributed by atoms with Crippen molar-refractivity contribution in [2.24, 2.45) is 0 Å². The molecule has 0 spiro atoms. The zero-order chi connectivity index (χ0) is 17.1. The summed E-state index contributed by atoms with van der Waals surface area (Å²) in [6.07, 6.45) is 6.25. The van der Waals surface area contributed by atoms with Crippen LogP contribution in [0.1, 0.15) is 62.7 Å². The minimum atomic E-state index is -0.936. The van der Waals surface area contributed by atoms with Crippen molar-refractivity contribution in [2.75, 3.05) is 0 Å². The van der Waals surface area contributed by atoms with E-state index in [0.717, 1.165) is 25.7 Å². The van der Waals surface area contributed by atoms with Crippen LogP contribution in [0.15, 0.2) is 30.9 Å². The Hall–Kier alpha value is -1.76. The van der Waals surface area contributed by atoms with Crippen LogP contribution < -0.4 is 0 Å². The molecule has 1 rings (SSSR count). The topological polar surface area (TPSA) is 60.7 Å².